The first-order valence-electron chi connectivity index (χ1n) is 12.1. The van der Waals surface area contributed by atoms with Crippen molar-refractivity contribution in [1.29, 1.82) is 0 Å². The number of aliphatic hydroxyl groups excluding tert-OH is 1. The zero-order valence-electron chi connectivity index (χ0n) is 21.2. The van der Waals surface area contributed by atoms with Crippen LogP contribution in [0.1, 0.15) is 59.7 Å². The Kier molecular flexibility index (Phi) is 9.48. The van der Waals surface area contributed by atoms with Gasteiger partial charge in [0.1, 0.15) is 11.6 Å². The maximum absolute atomic E-state index is 12.8. The molecule has 10 nitrogen and oxygen atoms in total. The summed E-state index contributed by atoms with van der Waals surface area (Å²) < 4.78 is 0. The Balaban J connectivity index is 1.67. The molecule has 1 heterocycles. The fourth-order valence-electron chi connectivity index (χ4n) is 4.14. The van der Waals surface area contributed by atoms with Gasteiger partial charge in [-0.1, -0.05) is 17.7 Å². The van der Waals surface area contributed by atoms with Crippen molar-refractivity contribution in [3.05, 3.63) is 63.7 Å². The predicted octanol–water partition coefficient (Wildman–Crippen LogP) is 2.13. The first-order chi connectivity index (χ1) is 17.8. The second kappa shape index (κ2) is 12.4. The van der Waals surface area contributed by atoms with Crippen molar-refractivity contribution in [3.8, 4) is 5.75 Å². The zero-order chi connectivity index (χ0) is 28.0. The molecule has 6 N–H and O–H groups in total. The van der Waals surface area contributed by atoms with E-state index in [1.54, 1.807) is 38.1 Å². The van der Waals surface area contributed by atoms with Crippen LogP contribution in [-0.2, 0) is 21.6 Å². The van der Waals surface area contributed by atoms with Crippen LogP contribution < -0.4 is 10.6 Å². The van der Waals surface area contributed by atoms with E-state index in [0.29, 0.717) is 40.5 Å². The number of halogens is 1. The number of carbonyl (C=O) groups is 3. The maximum atomic E-state index is 12.8. The highest BCUT2D eigenvalue weighted by Crippen LogP contribution is 2.31. The van der Waals surface area contributed by atoms with Gasteiger partial charge in [-0.25, -0.2) is 0 Å². The molecule has 0 aromatic heterocycles. The number of Topliss-reactive ketones (excluding diaryl/α,β-unsaturated/α-hetero) is 1. The van der Waals surface area contributed by atoms with Gasteiger partial charge in [-0.2, -0.15) is 0 Å². The smallest absolute Gasteiger partial charge is 0.303 e. The molecule has 0 bridgehead atoms. The molecule has 0 aliphatic carbocycles. The molecule has 2 aromatic rings. The number of aromatic hydroxyl groups is 1. The largest absolute Gasteiger partial charge is 0.508 e. The summed E-state index contributed by atoms with van der Waals surface area (Å²) in [6, 6.07) is 9.13. The van der Waals surface area contributed by atoms with E-state index in [4.69, 9.17) is 11.6 Å². The minimum absolute atomic E-state index is 0.125. The highest BCUT2D eigenvalue weighted by atomic mass is 35.5. The second-order valence-corrected chi connectivity index (χ2v) is 10.4. The highest BCUT2D eigenvalue weighted by molar-refractivity contribution is 6.30. The summed E-state index contributed by atoms with van der Waals surface area (Å²) >= 11 is 6.19. The molecule has 1 aliphatic heterocycles. The minimum atomic E-state index is -1.22. The topological polar surface area (TPSA) is 169 Å². The molecule has 0 saturated heterocycles. The third-order valence-corrected chi connectivity index (χ3v) is 6.30. The van der Waals surface area contributed by atoms with Crippen molar-refractivity contribution < 1.29 is 34.8 Å². The summed E-state index contributed by atoms with van der Waals surface area (Å²) in [6.07, 6.45) is -0.736. The van der Waals surface area contributed by atoms with Crippen LogP contribution in [0.2, 0.25) is 5.02 Å². The van der Waals surface area contributed by atoms with Gasteiger partial charge in [-0.05, 0) is 60.9 Å². The Morgan fingerprint density at radius 3 is 2.53 bits per heavy atom. The Bertz CT molecular complexity index is 1240. The number of ketones is 1. The Morgan fingerprint density at radius 1 is 1.16 bits per heavy atom. The molecule has 38 heavy (non-hydrogen) atoms. The number of aliphatic carboxylic acids is 1. The van der Waals surface area contributed by atoms with Gasteiger partial charge in [0.25, 0.3) is 5.91 Å². The lowest BCUT2D eigenvalue weighted by Crippen LogP contribution is -2.39. The van der Waals surface area contributed by atoms with Crippen LogP contribution >= 0.6 is 11.6 Å². The number of carboxylic acids is 1. The van der Waals surface area contributed by atoms with Crippen molar-refractivity contribution in [2.75, 3.05) is 19.6 Å². The fourth-order valence-corrected chi connectivity index (χ4v) is 4.38. The number of hydrogen-bond donors (Lipinski definition) is 6. The molecule has 0 radical (unpaired) electrons. The molecule has 2 aromatic carbocycles. The number of aliphatic imine (C=N–C) groups is 1. The lowest BCUT2D eigenvalue weighted by atomic mass is 9.87. The number of aliphatic hydroxyl groups is 2. The molecular formula is C27H32ClN3O7. The number of β-amino-alcohol motifs (C(OH)–C–C–N with tert-alkyl or cyclic N) is 1. The van der Waals surface area contributed by atoms with E-state index >= 15 is 0 Å². The van der Waals surface area contributed by atoms with Crippen LogP contribution in [0.25, 0.3) is 0 Å². The van der Waals surface area contributed by atoms with E-state index in [1.807, 2.05) is 0 Å². The summed E-state index contributed by atoms with van der Waals surface area (Å²) in [4.78, 5) is 41.2. The number of carbonyl (C=O) groups excluding carboxylic acids is 2. The van der Waals surface area contributed by atoms with Gasteiger partial charge in [-0.3, -0.25) is 19.4 Å². The number of hydrogen-bond acceptors (Lipinski definition) is 8. The molecule has 1 aliphatic rings. The molecule has 1 amide bonds. The molecule has 11 heteroatoms. The minimum Gasteiger partial charge on any atom is -0.508 e. The van der Waals surface area contributed by atoms with E-state index in [0.717, 1.165) is 0 Å². The standard InChI is InChI=1S/C27H32ClN3O7/c1-27(2,38)19-6-16(7-20(28)11-19)17(10-25(35)36)8-22(33)12-31-26(37)18-3-15(4-21(32)9-18)5-24-29-13-23(34)14-30-24/h3-4,6-7,9,11,17,23,32,34,38H,5,8,10,12-14H2,1-2H3,(H,29,30)(H,31,37)(H,35,36)/t17-/m0/s1. The van der Waals surface area contributed by atoms with Crippen LogP contribution in [0.3, 0.4) is 0 Å². The van der Waals surface area contributed by atoms with E-state index < -0.39 is 35.3 Å². The molecule has 0 spiro atoms. The summed E-state index contributed by atoms with van der Waals surface area (Å²) in [5.74, 6) is -2.29. The number of carboxylic acid groups (broad SMARTS) is 1. The fraction of sp³-hybridized carbons (Fsp3) is 0.407. The molecule has 0 fully saturated rings. The van der Waals surface area contributed by atoms with Crippen LogP contribution in [0.4, 0.5) is 0 Å². The van der Waals surface area contributed by atoms with Gasteiger partial charge in [-0.15, -0.1) is 0 Å². The number of nitrogens with zero attached hydrogens (tertiary/aromatic N) is 1. The third kappa shape index (κ3) is 8.54. The van der Waals surface area contributed by atoms with Crippen LogP contribution in [0, 0.1) is 0 Å². The highest BCUT2D eigenvalue weighted by Gasteiger charge is 2.24. The SMILES string of the molecule is CC(C)(O)c1cc(Cl)cc([C@H](CC(=O)O)CC(=O)CNC(=O)c2cc(O)cc(CC3=NCC(O)CN3)c2)c1. The van der Waals surface area contributed by atoms with Crippen molar-refractivity contribution in [2.24, 2.45) is 4.99 Å². The number of phenols is 1. The third-order valence-electron chi connectivity index (χ3n) is 6.09. The predicted molar refractivity (Wildman–Crippen MR) is 142 cm³/mol. The summed E-state index contributed by atoms with van der Waals surface area (Å²) in [6.45, 7) is 3.44. The zero-order valence-corrected chi connectivity index (χ0v) is 22.0. The monoisotopic (exact) mass is 545 g/mol. The van der Waals surface area contributed by atoms with Crippen LogP contribution in [0.5, 0.6) is 5.75 Å². The molecule has 1 unspecified atom stereocenters. The number of rotatable bonds is 11. The Morgan fingerprint density at radius 2 is 1.89 bits per heavy atom. The van der Waals surface area contributed by atoms with Gasteiger partial charge in [0.2, 0.25) is 0 Å². The van der Waals surface area contributed by atoms with Crippen LogP contribution in [-0.4, -0.2) is 69.7 Å². The molecule has 2 atom stereocenters. The first kappa shape index (κ1) is 29.1. The summed E-state index contributed by atoms with van der Waals surface area (Å²) in [5, 5.41) is 45.2. The van der Waals surface area contributed by atoms with E-state index in [1.165, 1.54) is 12.1 Å². The molecule has 0 saturated carbocycles. The molecular weight excluding hydrogens is 514 g/mol. The summed E-state index contributed by atoms with van der Waals surface area (Å²) in [7, 11) is 0. The van der Waals surface area contributed by atoms with Crippen molar-refractivity contribution in [3.63, 3.8) is 0 Å². The van der Waals surface area contributed by atoms with E-state index in [-0.39, 0.29) is 37.2 Å². The Labute approximate surface area is 225 Å². The van der Waals surface area contributed by atoms with Crippen molar-refractivity contribution in [1.82, 2.24) is 10.6 Å². The quantitative estimate of drug-likeness (QED) is 0.249. The normalized spacial score (nSPS) is 16.2. The first-order valence-corrected chi connectivity index (χ1v) is 12.5. The van der Waals surface area contributed by atoms with Gasteiger partial charge in [0, 0.05) is 35.9 Å². The molecule has 204 valence electrons. The number of amides is 1. The number of benzene rings is 2. The van der Waals surface area contributed by atoms with Gasteiger partial charge in [0.05, 0.1) is 31.2 Å². The van der Waals surface area contributed by atoms with E-state index in [9.17, 15) is 34.8 Å². The lowest BCUT2D eigenvalue weighted by molar-refractivity contribution is -0.137. The average Bonchev–Trinajstić information content (AvgIpc) is 2.82. The van der Waals surface area contributed by atoms with E-state index in [2.05, 4.69) is 15.6 Å². The second-order valence-electron chi connectivity index (χ2n) is 9.94. The van der Waals surface area contributed by atoms with Crippen LogP contribution in [0.15, 0.2) is 41.4 Å². The van der Waals surface area contributed by atoms with Gasteiger partial charge < -0.3 is 31.1 Å². The summed E-state index contributed by atoms with van der Waals surface area (Å²) in [5.41, 5.74) is 0.541. The van der Waals surface area contributed by atoms with Crippen molar-refractivity contribution in [2.45, 2.75) is 50.7 Å². The number of amidine groups is 1. The average molecular weight is 546 g/mol. The lowest BCUT2D eigenvalue weighted by Gasteiger charge is -2.22. The Hall–Kier alpha value is -3.47. The maximum Gasteiger partial charge on any atom is 0.303 e. The van der Waals surface area contributed by atoms with Crippen molar-refractivity contribution >= 4 is 35.1 Å². The number of nitrogens with one attached hydrogen (secondary N) is 2. The number of phenolic OH excluding ortho intramolecular Hbond substituents is 1. The van der Waals surface area contributed by atoms with Gasteiger partial charge in [0.15, 0.2) is 5.78 Å². The van der Waals surface area contributed by atoms with Gasteiger partial charge >= 0.3 is 5.97 Å². The molecule has 3 rings (SSSR count).